The lowest BCUT2D eigenvalue weighted by atomic mass is 9.85. The van der Waals surface area contributed by atoms with Crippen LogP contribution in [0.1, 0.15) is 32.6 Å². The Labute approximate surface area is 157 Å². The average Bonchev–Trinajstić information content (AvgIpc) is 2.86. The molecule has 1 saturated heterocycles. The highest BCUT2D eigenvalue weighted by Crippen LogP contribution is 2.31. The van der Waals surface area contributed by atoms with Gasteiger partial charge in [0.2, 0.25) is 5.91 Å². The molecule has 2 fully saturated rings. The first-order valence-electron chi connectivity index (χ1n) is 9.06. The molecule has 8 heteroatoms. The number of amides is 5. The molecule has 1 N–H and O–H groups in total. The summed E-state index contributed by atoms with van der Waals surface area (Å²) in [6.07, 6.45) is 3.55. The summed E-state index contributed by atoms with van der Waals surface area (Å²) < 4.78 is 5.16. The number of imide groups is 2. The molecule has 1 aromatic carbocycles. The van der Waals surface area contributed by atoms with Gasteiger partial charge in [0.25, 0.3) is 0 Å². The highest BCUT2D eigenvalue weighted by Gasteiger charge is 2.49. The van der Waals surface area contributed by atoms with Gasteiger partial charge in [0.1, 0.15) is 12.3 Å². The van der Waals surface area contributed by atoms with Crippen molar-refractivity contribution in [2.75, 3.05) is 19.0 Å². The first-order chi connectivity index (χ1) is 12.9. The van der Waals surface area contributed by atoms with Gasteiger partial charge in [-0.2, -0.15) is 0 Å². The number of anilines is 1. The van der Waals surface area contributed by atoms with E-state index in [1.54, 1.807) is 24.3 Å². The molecular formula is C19H23N3O5. The van der Waals surface area contributed by atoms with E-state index in [0.29, 0.717) is 22.8 Å². The van der Waals surface area contributed by atoms with E-state index in [2.05, 4.69) is 5.32 Å². The zero-order chi connectivity index (χ0) is 19.6. The Balaban J connectivity index is 1.71. The standard InChI is InChI=1S/C19H23N3O5/c1-12-7-3-5-9-14(12)22-18(25)17(24)21(19(22)26)11-16(23)20-13-8-4-6-10-15(13)27-2/h4,6,8,10,12,14H,3,5,7,9,11H2,1-2H3,(H,20,23)/t12-,14+/m1/s1. The number of benzene rings is 1. The number of para-hydroxylation sites is 2. The van der Waals surface area contributed by atoms with Gasteiger partial charge in [0.15, 0.2) is 0 Å². The second-order valence-electron chi connectivity index (χ2n) is 6.93. The van der Waals surface area contributed by atoms with E-state index < -0.39 is 30.3 Å². The average molecular weight is 373 g/mol. The third-order valence-corrected chi connectivity index (χ3v) is 5.16. The zero-order valence-corrected chi connectivity index (χ0v) is 15.4. The molecule has 3 rings (SSSR count). The van der Waals surface area contributed by atoms with Gasteiger partial charge in [-0.05, 0) is 30.9 Å². The number of urea groups is 1. The first kappa shape index (κ1) is 18.9. The van der Waals surface area contributed by atoms with Crippen LogP contribution in [0.25, 0.3) is 0 Å². The Kier molecular flexibility index (Phi) is 5.43. The maximum atomic E-state index is 12.7. The van der Waals surface area contributed by atoms with Crippen molar-refractivity contribution in [1.29, 1.82) is 0 Å². The van der Waals surface area contributed by atoms with Crippen molar-refractivity contribution in [3.8, 4) is 5.75 Å². The van der Waals surface area contributed by atoms with E-state index in [4.69, 9.17) is 4.74 Å². The van der Waals surface area contributed by atoms with Crippen LogP contribution >= 0.6 is 0 Å². The molecule has 2 atom stereocenters. The molecule has 1 heterocycles. The lowest BCUT2D eigenvalue weighted by Crippen LogP contribution is -2.46. The molecule has 144 valence electrons. The molecule has 1 aromatic rings. The number of rotatable bonds is 5. The number of nitrogens with one attached hydrogen (secondary N) is 1. The van der Waals surface area contributed by atoms with E-state index in [0.717, 1.165) is 24.2 Å². The summed E-state index contributed by atoms with van der Waals surface area (Å²) in [7, 11) is 1.47. The SMILES string of the molecule is COc1ccccc1NC(=O)CN1C(=O)C(=O)N([C@H]2CCCC[C@H]2C)C1=O. The molecule has 5 amide bonds. The Morgan fingerprint density at radius 1 is 1.15 bits per heavy atom. The number of hydrogen-bond acceptors (Lipinski definition) is 5. The Bertz CT molecular complexity index is 778. The van der Waals surface area contributed by atoms with Gasteiger partial charge in [0, 0.05) is 6.04 Å². The first-order valence-corrected chi connectivity index (χ1v) is 9.06. The number of ether oxygens (including phenoxy) is 1. The van der Waals surface area contributed by atoms with Crippen LogP contribution in [0.15, 0.2) is 24.3 Å². The third-order valence-electron chi connectivity index (χ3n) is 5.16. The number of hydrogen-bond donors (Lipinski definition) is 1. The van der Waals surface area contributed by atoms with Gasteiger partial charge in [-0.1, -0.05) is 31.9 Å². The van der Waals surface area contributed by atoms with Gasteiger partial charge in [0.05, 0.1) is 12.8 Å². The molecule has 1 saturated carbocycles. The quantitative estimate of drug-likeness (QED) is 0.629. The zero-order valence-electron chi connectivity index (χ0n) is 15.4. The van der Waals surface area contributed by atoms with Crippen LogP contribution in [0, 0.1) is 5.92 Å². The van der Waals surface area contributed by atoms with Crippen molar-refractivity contribution in [1.82, 2.24) is 9.80 Å². The third kappa shape index (κ3) is 3.65. The predicted octanol–water partition coefficient (Wildman–Crippen LogP) is 2.00. The van der Waals surface area contributed by atoms with Crippen molar-refractivity contribution in [3.63, 3.8) is 0 Å². The highest BCUT2D eigenvalue weighted by atomic mass is 16.5. The summed E-state index contributed by atoms with van der Waals surface area (Å²) in [5.74, 6) is -1.77. The van der Waals surface area contributed by atoms with E-state index in [1.807, 2.05) is 6.92 Å². The van der Waals surface area contributed by atoms with Gasteiger partial charge >= 0.3 is 17.8 Å². The Hall–Kier alpha value is -2.90. The topological polar surface area (TPSA) is 96.0 Å². The number of carbonyl (C=O) groups excluding carboxylic acids is 4. The van der Waals surface area contributed by atoms with Gasteiger partial charge in [-0.15, -0.1) is 0 Å². The number of nitrogens with zero attached hydrogens (tertiary/aromatic N) is 2. The number of carbonyl (C=O) groups is 4. The molecule has 0 spiro atoms. The molecule has 0 unspecified atom stereocenters. The summed E-state index contributed by atoms with van der Waals surface area (Å²) in [6, 6.07) is 5.80. The van der Waals surface area contributed by atoms with Crippen LogP contribution < -0.4 is 10.1 Å². The smallest absolute Gasteiger partial charge is 0.334 e. The van der Waals surface area contributed by atoms with Crippen LogP contribution in [-0.4, -0.2) is 53.2 Å². The van der Waals surface area contributed by atoms with Gasteiger partial charge in [-0.3, -0.25) is 19.3 Å². The lowest BCUT2D eigenvalue weighted by Gasteiger charge is -2.34. The van der Waals surface area contributed by atoms with E-state index in [1.165, 1.54) is 7.11 Å². The minimum Gasteiger partial charge on any atom is -0.495 e. The van der Waals surface area contributed by atoms with Crippen molar-refractivity contribution in [2.45, 2.75) is 38.6 Å². The van der Waals surface area contributed by atoms with E-state index in [-0.39, 0.29) is 12.0 Å². The van der Waals surface area contributed by atoms with Gasteiger partial charge in [-0.25, -0.2) is 9.69 Å². The Morgan fingerprint density at radius 2 is 1.85 bits per heavy atom. The summed E-state index contributed by atoms with van der Waals surface area (Å²) in [5, 5.41) is 2.61. The summed E-state index contributed by atoms with van der Waals surface area (Å²) in [6.45, 7) is 1.46. The molecule has 27 heavy (non-hydrogen) atoms. The molecular weight excluding hydrogens is 350 g/mol. The second-order valence-corrected chi connectivity index (χ2v) is 6.93. The highest BCUT2D eigenvalue weighted by molar-refractivity contribution is 6.45. The monoisotopic (exact) mass is 373 g/mol. The largest absolute Gasteiger partial charge is 0.495 e. The minimum absolute atomic E-state index is 0.141. The predicted molar refractivity (Wildman–Crippen MR) is 97.0 cm³/mol. The van der Waals surface area contributed by atoms with Crippen molar-refractivity contribution < 1.29 is 23.9 Å². The van der Waals surface area contributed by atoms with Crippen LogP contribution in [0.3, 0.4) is 0 Å². The molecule has 0 bridgehead atoms. The second kappa shape index (κ2) is 7.77. The van der Waals surface area contributed by atoms with Crippen LogP contribution in [-0.2, 0) is 14.4 Å². The van der Waals surface area contributed by atoms with Crippen molar-refractivity contribution >= 4 is 29.4 Å². The van der Waals surface area contributed by atoms with Crippen molar-refractivity contribution in [2.24, 2.45) is 5.92 Å². The van der Waals surface area contributed by atoms with Crippen LogP contribution in [0.2, 0.25) is 0 Å². The molecule has 0 radical (unpaired) electrons. The van der Waals surface area contributed by atoms with Crippen LogP contribution in [0.4, 0.5) is 10.5 Å². The molecule has 1 aliphatic carbocycles. The molecule has 1 aliphatic heterocycles. The van der Waals surface area contributed by atoms with E-state index >= 15 is 0 Å². The van der Waals surface area contributed by atoms with Crippen LogP contribution in [0.5, 0.6) is 5.75 Å². The summed E-state index contributed by atoms with van der Waals surface area (Å²) in [4.78, 5) is 51.5. The van der Waals surface area contributed by atoms with E-state index in [9.17, 15) is 19.2 Å². The molecule has 8 nitrogen and oxygen atoms in total. The van der Waals surface area contributed by atoms with Gasteiger partial charge < -0.3 is 10.1 Å². The number of methoxy groups -OCH3 is 1. The fourth-order valence-corrected chi connectivity index (χ4v) is 3.72. The van der Waals surface area contributed by atoms with Crippen molar-refractivity contribution in [3.05, 3.63) is 24.3 Å². The summed E-state index contributed by atoms with van der Waals surface area (Å²) >= 11 is 0. The maximum absolute atomic E-state index is 12.7. The fourth-order valence-electron chi connectivity index (χ4n) is 3.72. The maximum Gasteiger partial charge on any atom is 0.334 e. The lowest BCUT2D eigenvalue weighted by molar-refractivity contribution is -0.145. The molecule has 0 aromatic heterocycles. The molecule has 2 aliphatic rings. The normalized spacial score (nSPS) is 23.0. The minimum atomic E-state index is -0.951. The fraction of sp³-hybridized carbons (Fsp3) is 0.474. The summed E-state index contributed by atoms with van der Waals surface area (Å²) in [5.41, 5.74) is 0.424. The Morgan fingerprint density at radius 3 is 2.56 bits per heavy atom.